The normalized spacial score (nSPS) is 14.0. The van der Waals surface area contributed by atoms with Crippen LogP contribution in [0.25, 0.3) is 4.96 Å². The minimum Gasteiger partial charge on any atom is -0.356 e. The van der Waals surface area contributed by atoms with Crippen molar-refractivity contribution in [3.8, 4) is 0 Å². The Balaban J connectivity index is 1.23. The van der Waals surface area contributed by atoms with Gasteiger partial charge < -0.3 is 5.32 Å². The average Bonchev–Trinajstić information content (AvgIpc) is 3.30. The van der Waals surface area contributed by atoms with Crippen LogP contribution in [0, 0.1) is 0 Å². The lowest BCUT2D eigenvalue weighted by molar-refractivity contribution is -0.121. The molecule has 1 aliphatic rings. The van der Waals surface area contributed by atoms with Crippen LogP contribution >= 0.6 is 11.3 Å². The number of aromatic nitrogens is 4. The number of carbonyl (C=O) groups is 1. The van der Waals surface area contributed by atoms with Crippen molar-refractivity contribution in [2.75, 3.05) is 6.54 Å². The molecule has 2 aromatic heterocycles. The van der Waals surface area contributed by atoms with Gasteiger partial charge in [0.15, 0.2) is 5.82 Å². The zero-order chi connectivity index (χ0) is 17.9. The smallest absolute Gasteiger partial charge is 0.234 e. The third kappa shape index (κ3) is 3.93. The van der Waals surface area contributed by atoms with Gasteiger partial charge in [0.05, 0.1) is 0 Å². The van der Waals surface area contributed by atoms with Crippen molar-refractivity contribution in [1.29, 1.82) is 0 Å². The van der Waals surface area contributed by atoms with Crippen molar-refractivity contribution in [3.63, 3.8) is 0 Å². The van der Waals surface area contributed by atoms with Gasteiger partial charge in [-0.1, -0.05) is 42.5 Å². The predicted octanol–water partition coefficient (Wildman–Crippen LogP) is 2.92. The minimum absolute atomic E-state index is 0.0891. The van der Waals surface area contributed by atoms with Gasteiger partial charge in [0.25, 0.3) is 0 Å². The van der Waals surface area contributed by atoms with Crippen LogP contribution in [-0.2, 0) is 24.1 Å². The summed E-state index contributed by atoms with van der Waals surface area (Å²) in [6.07, 6.45) is 5.44. The molecule has 0 bridgehead atoms. The molecule has 1 fully saturated rings. The summed E-state index contributed by atoms with van der Waals surface area (Å²) in [6, 6.07) is 8.50. The van der Waals surface area contributed by atoms with Crippen LogP contribution in [0.1, 0.15) is 54.1 Å². The van der Waals surface area contributed by atoms with E-state index in [1.807, 2.05) is 4.52 Å². The topological polar surface area (TPSA) is 72.2 Å². The molecule has 6 nitrogen and oxygen atoms in total. The maximum atomic E-state index is 12.0. The van der Waals surface area contributed by atoms with Gasteiger partial charge in [0.1, 0.15) is 5.01 Å². The maximum Gasteiger partial charge on any atom is 0.234 e. The molecule has 0 unspecified atom stereocenters. The van der Waals surface area contributed by atoms with Crippen molar-refractivity contribution in [2.24, 2.45) is 0 Å². The number of nitrogens with one attached hydrogen (secondary N) is 1. The average molecular weight is 369 g/mol. The molecule has 1 aromatic carbocycles. The summed E-state index contributed by atoms with van der Waals surface area (Å²) in [5, 5.41) is 17.0. The number of nitrogens with zero attached hydrogens (tertiary/aromatic N) is 4. The van der Waals surface area contributed by atoms with Gasteiger partial charge >= 0.3 is 0 Å². The van der Waals surface area contributed by atoms with Crippen molar-refractivity contribution in [3.05, 3.63) is 46.2 Å². The van der Waals surface area contributed by atoms with E-state index in [2.05, 4.69) is 51.8 Å². The van der Waals surface area contributed by atoms with E-state index < -0.39 is 0 Å². The second-order valence-corrected chi connectivity index (χ2v) is 7.83. The molecule has 0 aliphatic heterocycles. The summed E-state index contributed by atoms with van der Waals surface area (Å²) in [5.41, 5.74) is 2.53. The highest BCUT2D eigenvalue weighted by molar-refractivity contribution is 7.16. The van der Waals surface area contributed by atoms with Gasteiger partial charge in [-0.3, -0.25) is 4.79 Å². The van der Waals surface area contributed by atoms with Crippen molar-refractivity contribution < 1.29 is 4.79 Å². The number of hydrogen-bond acceptors (Lipinski definition) is 5. The van der Waals surface area contributed by atoms with E-state index in [1.54, 1.807) is 11.3 Å². The van der Waals surface area contributed by atoms with Gasteiger partial charge in [-0.2, -0.15) is 9.61 Å². The minimum atomic E-state index is 0.0891. The molecule has 0 atom stereocenters. The molecular weight excluding hydrogens is 346 g/mol. The van der Waals surface area contributed by atoms with Crippen LogP contribution in [0.2, 0.25) is 0 Å². The van der Waals surface area contributed by atoms with Crippen LogP contribution < -0.4 is 5.32 Å². The van der Waals surface area contributed by atoms with E-state index in [9.17, 15) is 4.79 Å². The molecule has 0 radical (unpaired) electrons. The first kappa shape index (κ1) is 17.1. The highest BCUT2D eigenvalue weighted by atomic mass is 32.1. The number of benzene rings is 1. The first-order chi connectivity index (χ1) is 12.7. The second kappa shape index (κ2) is 7.53. The van der Waals surface area contributed by atoms with Gasteiger partial charge in [0, 0.05) is 25.3 Å². The van der Waals surface area contributed by atoms with E-state index in [0.29, 0.717) is 18.9 Å². The summed E-state index contributed by atoms with van der Waals surface area (Å²) < 4.78 is 1.87. The van der Waals surface area contributed by atoms with Crippen LogP contribution in [0.4, 0.5) is 0 Å². The fraction of sp³-hybridized carbons (Fsp3) is 0.474. The van der Waals surface area contributed by atoms with E-state index in [-0.39, 0.29) is 5.91 Å². The van der Waals surface area contributed by atoms with Crippen LogP contribution in [0.15, 0.2) is 24.3 Å². The first-order valence-electron chi connectivity index (χ1n) is 9.28. The Morgan fingerprint density at radius 2 is 1.96 bits per heavy atom. The Kier molecular flexibility index (Phi) is 4.97. The summed E-state index contributed by atoms with van der Waals surface area (Å²) >= 11 is 1.56. The molecular formula is C19H23N5OS. The Morgan fingerprint density at radius 3 is 2.69 bits per heavy atom. The van der Waals surface area contributed by atoms with Crippen LogP contribution in [0.3, 0.4) is 0 Å². The number of amides is 1. The second-order valence-electron chi connectivity index (χ2n) is 6.79. The SMILES string of the molecule is CCc1ccc(CCC(=O)NCCc2nn3c(C4CC4)nnc3s2)cc1. The molecule has 26 heavy (non-hydrogen) atoms. The first-order valence-corrected chi connectivity index (χ1v) is 10.1. The fourth-order valence-electron chi connectivity index (χ4n) is 2.97. The van der Waals surface area contributed by atoms with Gasteiger partial charge in [-0.25, -0.2) is 0 Å². The Bertz CT molecular complexity index is 894. The molecule has 3 aromatic rings. The molecule has 7 heteroatoms. The molecule has 1 aliphatic carbocycles. The molecule has 0 saturated heterocycles. The monoisotopic (exact) mass is 369 g/mol. The van der Waals surface area contributed by atoms with E-state index in [0.717, 1.165) is 35.1 Å². The van der Waals surface area contributed by atoms with E-state index in [4.69, 9.17) is 0 Å². The molecule has 1 saturated carbocycles. The molecule has 1 N–H and O–H groups in total. The van der Waals surface area contributed by atoms with Crippen molar-refractivity contribution in [2.45, 2.75) is 51.4 Å². The molecule has 1 amide bonds. The third-order valence-corrected chi connectivity index (χ3v) is 5.69. The lowest BCUT2D eigenvalue weighted by atomic mass is 10.1. The van der Waals surface area contributed by atoms with Gasteiger partial charge in [0.2, 0.25) is 10.9 Å². The number of fused-ring (bicyclic) bond motifs is 1. The van der Waals surface area contributed by atoms with E-state index in [1.165, 1.54) is 24.0 Å². The number of aryl methyl sites for hydroxylation is 2. The Labute approximate surface area is 156 Å². The van der Waals surface area contributed by atoms with Gasteiger partial charge in [-0.05, 0) is 36.8 Å². The van der Waals surface area contributed by atoms with Crippen molar-refractivity contribution in [1.82, 2.24) is 25.1 Å². The molecule has 0 spiro atoms. The van der Waals surface area contributed by atoms with Gasteiger partial charge in [-0.15, -0.1) is 10.2 Å². The van der Waals surface area contributed by atoms with Crippen LogP contribution in [-0.4, -0.2) is 32.3 Å². The standard InChI is InChI=1S/C19H23N5OS/c1-2-13-3-5-14(6-4-13)7-10-16(25)20-12-11-17-23-24-18(15-8-9-15)21-22-19(24)26-17/h3-6,15H,2,7-12H2,1H3,(H,20,25). The Hall–Kier alpha value is -2.28. The highest BCUT2D eigenvalue weighted by Crippen LogP contribution is 2.39. The lowest BCUT2D eigenvalue weighted by Gasteiger charge is -2.05. The fourth-order valence-corrected chi connectivity index (χ4v) is 3.81. The molecule has 4 rings (SSSR count). The predicted molar refractivity (Wildman–Crippen MR) is 101 cm³/mol. The summed E-state index contributed by atoms with van der Waals surface area (Å²) in [4.78, 5) is 12.9. The molecule has 136 valence electrons. The zero-order valence-electron chi connectivity index (χ0n) is 14.9. The number of carbonyl (C=O) groups excluding carboxylic acids is 1. The molecule has 2 heterocycles. The summed E-state index contributed by atoms with van der Waals surface area (Å²) in [5.74, 6) is 1.61. The number of rotatable bonds is 8. The van der Waals surface area contributed by atoms with Crippen molar-refractivity contribution >= 4 is 22.2 Å². The third-order valence-electron chi connectivity index (χ3n) is 4.73. The quantitative estimate of drug-likeness (QED) is 0.663. The maximum absolute atomic E-state index is 12.0. The summed E-state index contributed by atoms with van der Waals surface area (Å²) in [6.45, 7) is 2.75. The van der Waals surface area contributed by atoms with Crippen LogP contribution in [0.5, 0.6) is 0 Å². The largest absolute Gasteiger partial charge is 0.356 e. The Morgan fingerprint density at radius 1 is 1.19 bits per heavy atom. The number of hydrogen-bond donors (Lipinski definition) is 1. The lowest BCUT2D eigenvalue weighted by Crippen LogP contribution is -2.25. The van der Waals surface area contributed by atoms with E-state index >= 15 is 0 Å². The summed E-state index contributed by atoms with van der Waals surface area (Å²) in [7, 11) is 0. The zero-order valence-corrected chi connectivity index (χ0v) is 15.8. The highest BCUT2D eigenvalue weighted by Gasteiger charge is 2.29.